The summed E-state index contributed by atoms with van der Waals surface area (Å²) in [6.45, 7) is 0. The first-order valence-corrected chi connectivity index (χ1v) is 15.6. The van der Waals surface area contributed by atoms with E-state index in [0.29, 0.717) is 0 Å². The molecule has 0 unspecified atom stereocenters. The molecule has 1 aromatic carbocycles. The first kappa shape index (κ1) is 62.7. The second-order valence-electron chi connectivity index (χ2n) is 13.1. The van der Waals surface area contributed by atoms with Crippen LogP contribution in [0, 0.1) is 0 Å². The lowest BCUT2D eigenvalue weighted by molar-refractivity contribution is -0.436. The van der Waals surface area contributed by atoms with Crippen molar-refractivity contribution in [2.75, 3.05) is 0 Å². The van der Waals surface area contributed by atoms with Gasteiger partial charge >= 0.3 is 107 Å². The minimum absolute atomic E-state index is 0.490. The number of alkyl halides is 39. The maximum Gasteiger partial charge on any atom is 0.460 e. The van der Waals surface area contributed by atoms with Crippen molar-refractivity contribution in [1.82, 2.24) is 0 Å². The molecule has 0 aromatic heterocycles. The van der Waals surface area contributed by atoms with E-state index in [2.05, 4.69) is 0 Å². The molecule has 1 aromatic rings. The summed E-state index contributed by atoms with van der Waals surface area (Å²) in [5.74, 6) is -124. The highest BCUT2D eigenvalue weighted by Gasteiger charge is 2.93. The Kier molecular flexibility index (Phi) is 15.4. The van der Waals surface area contributed by atoms with Crippen LogP contribution in [0.4, 0.5) is 171 Å². The number of benzene rings is 1. The zero-order valence-corrected chi connectivity index (χ0v) is 30.4. The van der Waals surface area contributed by atoms with Gasteiger partial charge in [-0.15, -0.1) is 0 Å². The Morgan fingerprint density at radius 3 is 0.652 bits per heavy atom. The summed E-state index contributed by atoms with van der Waals surface area (Å²) in [5, 5.41) is 0. The van der Waals surface area contributed by atoms with E-state index in [1.165, 1.54) is 0 Å². The molecule has 0 bridgehead atoms. The Morgan fingerprint density at radius 1 is 0.217 bits per heavy atom. The molecule has 1 rings (SSSR count). The van der Waals surface area contributed by atoms with E-state index in [1.807, 2.05) is 0 Å². The van der Waals surface area contributed by atoms with Crippen LogP contribution < -0.4 is 0 Å². The van der Waals surface area contributed by atoms with Crippen LogP contribution in [0.3, 0.4) is 0 Å². The van der Waals surface area contributed by atoms with Gasteiger partial charge in [-0.3, -0.25) is 0 Å². The Morgan fingerprint density at radius 2 is 0.420 bits per heavy atom. The summed E-state index contributed by atoms with van der Waals surface area (Å²) in [4.78, 5) is 0. The van der Waals surface area contributed by atoms with Crippen LogP contribution in [-0.2, 0) is 0 Å². The molecule has 0 saturated heterocycles. The van der Waals surface area contributed by atoms with Crippen LogP contribution in [0.5, 0.6) is 0 Å². The van der Waals surface area contributed by atoms with Gasteiger partial charge in [0.1, 0.15) is 0 Å². The SMILES string of the molecule is FC(F)(F)C(F)(F)C(F)(F)C(F)(F)C(F)(F)C(F)(F)/C=C/c1ccc(/C=C/C(F)(F)C(F)(F)C(F)(F)C(F)(F)C(F)(F)C(F)(F)F)c(/C=C/C(F)(F)C(F)(F)C(F)(F)C(F)(F)C(F)(F)C(F)(F)F)c1. The molecule has 0 spiro atoms. The Hall–Kier alpha value is -4.29. The molecule has 39 heteroatoms. The van der Waals surface area contributed by atoms with Crippen LogP contribution in [0.1, 0.15) is 16.7 Å². The average molecular weight is 1110 g/mol. The molecule has 0 fully saturated rings. The van der Waals surface area contributed by atoms with Crippen LogP contribution in [0.15, 0.2) is 36.4 Å². The van der Waals surface area contributed by atoms with Crippen molar-refractivity contribution in [2.24, 2.45) is 0 Å². The van der Waals surface area contributed by atoms with E-state index in [9.17, 15) is 171 Å². The summed E-state index contributed by atoms with van der Waals surface area (Å²) in [5.41, 5.74) is -6.63. The molecular weight excluding hydrogens is 1100 g/mol. The van der Waals surface area contributed by atoms with Gasteiger partial charge in [0.15, 0.2) is 0 Å². The van der Waals surface area contributed by atoms with Gasteiger partial charge in [-0.05, 0) is 41.0 Å². The van der Waals surface area contributed by atoms with Crippen LogP contribution in [0.25, 0.3) is 18.2 Å². The second-order valence-corrected chi connectivity index (χ2v) is 13.1. The van der Waals surface area contributed by atoms with Crippen LogP contribution in [-0.4, -0.2) is 107 Å². The first-order chi connectivity index (χ1) is 29.5. The summed E-state index contributed by atoms with van der Waals surface area (Å²) in [7, 11) is 0. The van der Waals surface area contributed by atoms with E-state index < -0.39 is 179 Å². The normalized spacial score (nSPS) is 16.7. The highest BCUT2D eigenvalue weighted by molar-refractivity contribution is 5.70. The molecule has 0 nitrogen and oxygen atoms in total. The molecule has 0 heterocycles. The van der Waals surface area contributed by atoms with Gasteiger partial charge in [0.05, 0.1) is 0 Å². The number of rotatable bonds is 18. The monoisotopic (exact) mass is 1110 g/mol. The summed E-state index contributed by atoms with van der Waals surface area (Å²) in [6, 6.07) is -1.95. The summed E-state index contributed by atoms with van der Waals surface area (Å²) in [6.07, 6.45) is -34.3. The average Bonchev–Trinajstić information content (AvgIpc) is 3.13. The highest BCUT2D eigenvalue weighted by Crippen LogP contribution is 2.64. The molecular formula is C30H9F39. The van der Waals surface area contributed by atoms with E-state index in [1.54, 1.807) is 0 Å². The molecule has 0 aliphatic carbocycles. The highest BCUT2D eigenvalue weighted by atomic mass is 19.5. The maximum atomic E-state index is 14.4. The summed E-state index contributed by atoms with van der Waals surface area (Å²) < 4.78 is 525. The zero-order chi connectivity index (χ0) is 56.1. The van der Waals surface area contributed by atoms with Gasteiger partial charge in [0.2, 0.25) is 0 Å². The number of allylic oxidation sites excluding steroid dienone is 3. The fourth-order valence-corrected chi connectivity index (χ4v) is 4.24. The Bertz CT molecular complexity index is 2080. The van der Waals surface area contributed by atoms with Crippen LogP contribution in [0.2, 0.25) is 0 Å². The molecule has 0 N–H and O–H groups in total. The van der Waals surface area contributed by atoms with E-state index >= 15 is 0 Å². The predicted octanol–water partition coefficient (Wildman–Crippen LogP) is 15.9. The number of hydrogen-bond acceptors (Lipinski definition) is 0. The quantitative estimate of drug-likeness (QED) is 0.129. The third kappa shape index (κ3) is 9.28. The van der Waals surface area contributed by atoms with Crippen molar-refractivity contribution in [3.63, 3.8) is 0 Å². The molecule has 402 valence electrons. The van der Waals surface area contributed by atoms with Crippen LogP contribution >= 0.6 is 0 Å². The van der Waals surface area contributed by atoms with Gasteiger partial charge in [0.25, 0.3) is 0 Å². The third-order valence-corrected chi connectivity index (χ3v) is 8.41. The number of hydrogen-bond donors (Lipinski definition) is 0. The second kappa shape index (κ2) is 16.9. The fraction of sp³-hybridized carbons (Fsp3) is 0.600. The lowest BCUT2D eigenvalue weighted by atomic mass is 9.92. The van der Waals surface area contributed by atoms with Crippen molar-refractivity contribution in [3.05, 3.63) is 53.1 Å². The van der Waals surface area contributed by atoms with Crippen molar-refractivity contribution < 1.29 is 171 Å². The standard InChI is InChI=1S/C30H9F39/c31-13(32,16(37,38)19(43,44)22(49,50)25(55,56)28(61,62)63)6-3-10-1-2-11(4-7-14(33,34)17(39,40)20(45,46)23(51,52)26(57,58)29(64,65)66)12(9-10)5-8-15(35,36)18(41,42)21(47,48)24(53,54)27(59,60)30(67,68)69/h1-9H/b6-3+,7-4+,8-5+. The van der Waals surface area contributed by atoms with E-state index in [-0.39, 0.29) is 0 Å². The predicted molar refractivity (Wildman–Crippen MR) is 146 cm³/mol. The van der Waals surface area contributed by atoms with Crippen molar-refractivity contribution in [2.45, 2.75) is 107 Å². The topological polar surface area (TPSA) is 0 Å². The Balaban J connectivity index is 4.31. The maximum absolute atomic E-state index is 14.4. The number of halogens is 39. The molecule has 0 atom stereocenters. The first-order valence-electron chi connectivity index (χ1n) is 15.6. The zero-order valence-electron chi connectivity index (χ0n) is 30.4. The van der Waals surface area contributed by atoms with Crippen molar-refractivity contribution in [3.8, 4) is 0 Å². The van der Waals surface area contributed by atoms with E-state index in [4.69, 9.17) is 0 Å². The van der Waals surface area contributed by atoms with Gasteiger partial charge in [-0.2, -0.15) is 171 Å². The lowest BCUT2D eigenvalue weighted by Gasteiger charge is -2.39. The fourth-order valence-electron chi connectivity index (χ4n) is 4.24. The van der Waals surface area contributed by atoms with Gasteiger partial charge in [-0.1, -0.05) is 30.4 Å². The van der Waals surface area contributed by atoms with Gasteiger partial charge < -0.3 is 0 Å². The smallest absolute Gasteiger partial charge is 0.195 e. The van der Waals surface area contributed by atoms with Gasteiger partial charge in [0, 0.05) is 0 Å². The minimum Gasteiger partial charge on any atom is -0.195 e. The largest absolute Gasteiger partial charge is 0.460 e. The molecule has 0 amide bonds. The van der Waals surface area contributed by atoms with Crippen molar-refractivity contribution >= 4 is 18.2 Å². The van der Waals surface area contributed by atoms with E-state index in [0.717, 1.165) is 0 Å². The molecule has 0 aliphatic heterocycles. The lowest BCUT2D eigenvalue weighted by Crippen LogP contribution is -2.69. The molecule has 0 aliphatic rings. The molecule has 69 heavy (non-hydrogen) atoms. The molecule has 0 saturated carbocycles. The summed E-state index contributed by atoms with van der Waals surface area (Å²) >= 11 is 0. The van der Waals surface area contributed by atoms with Crippen molar-refractivity contribution in [1.29, 1.82) is 0 Å². The molecule has 0 radical (unpaired) electrons. The Labute approximate surface area is 351 Å². The third-order valence-electron chi connectivity index (χ3n) is 8.41. The minimum atomic E-state index is -8.72. The van der Waals surface area contributed by atoms with Gasteiger partial charge in [-0.25, -0.2) is 0 Å².